The number of hydrogen-bond acceptors (Lipinski definition) is 2. The molecule has 0 spiro atoms. The Balaban J connectivity index is 1.80. The molecule has 2 rings (SSSR count). The van der Waals surface area contributed by atoms with Gasteiger partial charge in [-0.1, -0.05) is 31.4 Å². The summed E-state index contributed by atoms with van der Waals surface area (Å²) in [5.74, 6) is 0.865. The van der Waals surface area contributed by atoms with Crippen molar-refractivity contribution in [1.82, 2.24) is 10.3 Å². The van der Waals surface area contributed by atoms with Crippen molar-refractivity contribution >= 4 is 11.6 Å². The molecule has 1 fully saturated rings. The van der Waals surface area contributed by atoms with Crippen LogP contribution >= 0.6 is 11.6 Å². The molecule has 0 radical (unpaired) electrons. The van der Waals surface area contributed by atoms with Gasteiger partial charge in [-0.15, -0.1) is 0 Å². The summed E-state index contributed by atoms with van der Waals surface area (Å²) >= 11 is 5.80. The van der Waals surface area contributed by atoms with Crippen LogP contribution in [0, 0.1) is 5.92 Å². The number of nitrogens with one attached hydrogen (secondary N) is 1. The van der Waals surface area contributed by atoms with Gasteiger partial charge >= 0.3 is 0 Å². The van der Waals surface area contributed by atoms with Gasteiger partial charge in [-0.3, -0.25) is 4.98 Å². The second kappa shape index (κ2) is 5.65. The van der Waals surface area contributed by atoms with Crippen molar-refractivity contribution in [3.8, 4) is 0 Å². The van der Waals surface area contributed by atoms with Crippen LogP contribution < -0.4 is 5.32 Å². The van der Waals surface area contributed by atoms with Gasteiger partial charge in [0.05, 0.1) is 10.7 Å². The molecule has 1 heterocycles. The second-order valence-electron chi connectivity index (χ2n) is 4.82. The Hall–Kier alpha value is -0.600. The molecule has 88 valence electrons. The van der Waals surface area contributed by atoms with Crippen LogP contribution in [0.5, 0.6) is 0 Å². The molecule has 3 heteroatoms. The quantitative estimate of drug-likeness (QED) is 0.873. The van der Waals surface area contributed by atoms with Crippen LogP contribution in [-0.4, -0.2) is 11.0 Å². The SMILES string of the molecule is CC1CCCC(NCc2ccc(Cl)cn2)C1. The predicted molar refractivity (Wildman–Crippen MR) is 67.5 cm³/mol. The van der Waals surface area contributed by atoms with E-state index in [2.05, 4.69) is 17.2 Å². The third-order valence-corrected chi connectivity index (χ3v) is 3.52. The van der Waals surface area contributed by atoms with Gasteiger partial charge in [-0.05, 0) is 30.9 Å². The van der Waals surface area contributed by atoms with Gasteiger partial charge in [0.2, 0.25) is 0 Å². The minimum absolute atomic E-state index is 0.668. The summed E-state index contributed by atoms with van der Waals surface area (Å²) in [5, 5.41) is 4.29. The van der Waals surface area contributed by atoms with E-state index in [0.29, 0.717) is 11.1 Å². The molecule has 1 aliphatic carbocycles. The lowest BCUT2D eigenvalue weighted by Crippen LogP contribution is -2.33. The number of halogens is 1. The van der Waals surface area contributed by atoms with Crippen molar-refractivity contribution in [2.75, 3.05) is 0 Å². The summed E-state index contributed by atoms with van der Waals surface area (Å²) in [5.41, 5.74) is 1.07. The monoisotopic (exact) mass is 238 g/mol. The van der Waals surface area contributed by atoms with E-state index in [4.69, 9.17) is 11.6 Å². The Morgan fingerprint density at radius 2 is 2.31 bits per heavy atom. The molecule has 16 heavy (non-hydrogen) atoms. The molecule has 1 aromatic heterocycles. The summed E-state index contributed by atoms with van der Waals surface area (Å²) in [6.07, 6.45) is 7.05. The van der Waals surface area contributed by atoms with E-state index in [1.807, 2.05) is 12.1 Å². The van der Waals surface area contributed by atoms with Gasteiger partial charge in [0, 0.05) is 18.8 Å². The molecule has 1 aromatic rings. The van der Waals surface area contributed by atoms with Crippen LogP contribution in [0.4, 0.5) is 0 Å². The molecule has 1 N–H and O–H groups in total. The largest absolute Gasteiger partial charge is 0.308 e. The molecule has 2 unspecified atom stereocenters. The standard InChI is InChI=1S/C13H19ClN2/c1-10-3-2-4-12(7-10)16-9-13-6-5-11(14)8-15-13/h5-6,8,10,12,16H,2-4,7,9H2,1H3. The van der Waals surface area contributed by atoms with E-state index in [1.165, 1.54) is 25.7 Å². The predicted octanol–water partition coefficient (Wildman–Crippen LogP) is 3.40. The first-order valence-corrected chi connectivity index (χ1v) is 6.45. The molecule has 0 bridgehead atoms. The molecule has 1 aliphatic rings. The van der Waals surface area contributed by atoms with E-state index in [0.717, 1.165) is 18.2 Å². The highest BCUT2D eigenvalue weighted by molar-refractivity contribution is 6.30. The van der Waals surface area contributed by atoms with Crippen LogP contribution in [0.15, 0.2) is 18.3 Å². The van der Waals surface area contributed by atoms with E-state index in [9.17, 15) is 0 Å². The number of rotatable bonds is 3. The van der Waals surface area contributed by atoms with Crippen LogP contribution in [0.25, 0.3) is 0 Å². The number of aromatic nitrogens is 1. The first-order valence-electron chi connectivity index (χ1n) is 6.08. The molecule has 1 saturated carbocycles. The zero-order valence-corrected chi connectivity index (χ0v) is 10.5. The number of pyridine rings is 1. The van der Waals surface area contributed by atoms with E-state index in [1.54, 1.807) is 6.20 Å². The van der Waals surface area contributed by atoms with Crippen molar-refractivity contribution in [3.63, 3.8) is 0 Å². The number of hydrogen-bond donors (Lipinski definition) is 1. The molecule has 0 saturated heterocycles. The zero-order chi connectivity index (χ0) is 11.4. The Labute approximate surface area is 102 Å². The lowest BCUT2D eigenvalue weighted by Gasteiger charge is -2.27. The van der Waals surface area contributed by atoms with Crippen molar-refractivity contribution in [1.29, 1.82) is 0 Å². The van der Waals surface area contributed by atoms with Crippen LogP contribution in [0.2, 0.25) is 5.02 Å². The van der Waals surface area contributed by atoms with Crippen LogP contribution in [0.3, 0.4) is 0 Å². The second-order valence-corrected chi connectivity index (χ2v) is 5.25. The Morgan fingerprint density at radius 3 is 3.00 bits per heavy atom. The van der Waals surface area contributed by atoms with Crippen molar-refractivity contribution < 1.29 is 0 Å². The first kappa shape index (κ1) is 11.9. The Bertz CT molecular complexity index is 323. The van der Waals surface area contributed by atoms with Crippen molar-refractivity contribution in [3.05, 3.63) is 29.0 Å². The zero-order valence-electron chi connectivity index (χ0n) is 9.75. The average molecular weight is 239 g/mol. The molecule has 0 aliphatic heterocycles. The highest BCUT2D eigenvalue weighted by Crippen LogP contribution is 2.23. The normalized spacial score (nSPS) is 25.6. The summed E-state index contributed by atoms with van der Waals surface area (Å²) in [6, 6.07) is 4.55. The molecule has 0 amide bonds. The van der Waals surface area contributed by atoms with Gasteiger partial charge in [0.15, 0.2) is 0 Å². The fourth-order valence-corrected chi connectivity index (χ4v) is 2.49. The molecule has 2 nitrogen and oxygen atoms in total. The summed E-state index contributed by atoms with van der Waals surface area (Å²) in [6.45, 7) is 3.20. The van der Waals surface area contributed by atoms with E-state index < -0.39 is 0 Å². The van der Waals surface area contributed by atoms with Gasteiger partial charge in [-0.2, -0.15) is 0 Å². The van der Waals surface area contributed by atoms with Gasteiger partial charge in [0.1, 0.15) is 0 Å². The summed E-state index contributed by atoms with van der Waals surface area (Å²) in [7, 11) is 0. The van der Waals surface area contributed by atoms with Crippen molar-refractivity contribution in [2.45, 2.75) is 45.2 Å². The highest BCUT2D eigenvalue weighted by atomic mass is 35.5. The molecular formula is C13H19ClN2. The molecule has 0 aromatic carbocycles. The van der Waals surface area contributed by atoms with Gasteiger partial charge in [0.25, 0.3) is 0 Å². The highest BCUT2D eigenvalue weighted by Gasteiger charge is 2.17. The van der Waals surface area contributed by atoms with Gasteiger partial charge in [-0.25, -0.2) is 0 Å². The maximum absolute atomic E-state index is 5.80. The summed E-state index contributed by atoms with van der Waals surface area (Å²) < 4.78 is 0. The van der Waals surface area contributed by atoms with Crippen molar-refractivity contribution in [2.24, 2.45) is 5.92 Å². The van der Waals surface area contributed by atoms with Crippen LogP contribution in [-0.2, 0) is 6.54 Å². The smallest absolute Gasteiger partial charge is 0.0589 e. The lowest BCUT2D eigenvalue weighted by atomic mass is 9.87. The topological polar surface area (TPSA) is 24.9 Å². The van der Waals surface area contributed by atoms with Crippen LogP contribution in [0.1, 0.15) is 38.3 Å². The lowest BCUT2D eigenvalue weighted by molar-refractivity contribution is 0.300. The average Bonchev–Trinajstić information content (AvgIpc) is 2.28. The third-order valence-electron chi connectivity index (χ3n) is 3.30. The Kier molecular flexibility index (Phi) is 4.19. The molecule has 2 atom stereocenters. The van der Waals surface area contributed by atoms with E-state index >= 15 is 0 Å². The van der Waals surface area contributed by atoms with Gasteiger partial charge < -0.3 is 5.32 Å². The minimum atomic E-state index is 0.668. The molecular weight excluding hydrogens is 220 g/mol. The maximum atomic E-state index is 5.80. The number of nitrogens with zero attached hydrogens (tertiary/aromatic N) is 1. The first-order chi connectivity index (χ1) is 7.74. The maximum Gasteiger partial charge on any atom is 0.0589 e. The third kappa shape index (κ3) is 3.46. The van der Waals surface area contributed by atoms with E-state index in [-0.39, 0.29) is 0 Å². The fourth-order valence-electron chi connectivity index (χ4n) is 2.38. The minimum Gasteiger partial charge on any atom is -0.308 e. The summed E-state index contributed by atoms with van der Waals surface area (Å²) in [4.78, 5) is 4.29. The Morgan fingerprint density at radius 1 is 1.44 bits per heavy atom. The fraction of sp³-hybridized carbons (Fsp3) is 0.615.